The summed E-state index contributed by atoms with van der Waals surface area (Å²) in [6.07, 6.45) is 1.22. The molecule has 0 saturated heterocycles. The molecule has 0 aliphatic heterocycles. The molecule has 9 heteroatoms. The van der Waals surface area contributed by atoms with E-state index in [1.165, 1.54) is 12.1 Å². The molecule has 7 nitrogen and oxygen atoms in total. The lowest BCUT2D eigenvalue weighted by atomic mass is 10.1. The molecule has 0 heterocycles. The van der Waals surface area contributed by atoms with Gasteiger partial charge >= 0.3 is 0 Å². The van der Waals surface area contributed by atoms with E-state index in [9.17, 15) is 18.0 Å². The molecule has 0 radical (unpaired) electrons. The van der Waals surface area contributed by atoms with Crippen LogP contribution < -0.4 is 10.0 Å². The van der Waals surface area contributed by atoms with E-state index in [1.807, 2.05) is 16.9 Å². The minimum atomic E-state index is -4.16. The average Bonchev–Trinajstić information content (AvgIpc) is 3.07. The van der Waals surface area contributed by atoms with E-state index in [1.54, 1.807) is 25.1 Å². The Morgan fingerprint density at radius 1 is 1.23 bits per heavy atom. The maximum Gasteiger partial charge on any atom is 0.264 e. The SMILES string of the molecule is Cc1ccc(C(=O)N[C@@H]2CCc3cc(Cl)ccc32)cc1S(=O)(=O)NC(=O)CCC#N. The molecule has 1 aliphatic carbocycles. The van der Waals surface area contributed by atoms with Crippen molar-refractivity contribution in [2.24, 2.45) is 0 Å². The molecule has 156 valence electrons. The fourth-order valence-electron chi connectivity index (χ4n) is 3.43. The number of amides is 2. The van der Waals surface area contributed by atoms with Gasteiger partial charge in [0, 0.05) is 23.4 Å². The first-order valence-corrected chi connectivity index (χ1v) is 11.2. The van der Waals surface area contributed by atoms with Crippen LogP contribution in [0.5, 0.6) is 0 Å². The number of sulfonamides is 1. The lowest BCUT2D eigenvalue weighted by Crippen LogP contribution is -2.31. The minimum Gasteiger partial charge on any atom is -0.345 e. The number of benzene rings is 2. The number of halogens is 1. The smallest absolute Gasteiger partial charge is 0.264 e. The fourth-order valence-corrected chi connectivity index (χ4v) is 4.91. The van der Waals surface area contributed by atoms with Crippen LogP contribution in [0, 0.1) is 18.3 Å². The third kappa shape index (κ3) is 4.81. The summed E-state index contributed by atoms with van der Waals surface area (Å²) < 4.78 is 27.1. The Morgan fingerprint density at radius 2 is 2.00 bits per heavy atom. The summed E-state index contributed by atoms with van der Waals surface area (Å²) in [7, 11) is -4.16. The number of hydrogen-bond donors (Lipinski definition) is 2. The highest BCUT2D eigenvalue weighted by Crippen LogP contribution is 2.33. The van der Waals surface area contributed by atoms with E-state index in [0.717, 1.165) is 24.0 Å². The van der Waals surface area contributed by atoms with E-state index in [2.05, 4.69) is 5.32 Å². The fraction of sp³-hybridized carbons (Fsp3) is 0.286. The normalized spacial score (nSPS) is 15.2. The van der Waals surface area contributed by atoms with Crippen LogP contribution in [0.15, 0.2) is 41.3 Å². The number of carbonyl (C=O) groups excluding carboxylic acids is 2. The van der Waals surface area contributed by atoms with Gasteiger partial charge in [-0.15, -0.1) is 0 Å². The van der Waals surface area contributed by atoms with Gasteiger partial charge in [0.25, 0.3) is 15.9 Å². The van der Waals surface area contributed by atoms with Crippen molar-refractivity contribution in [2.45, 2.75) is 43.5 Å². The standard InChI is InChI=1S/C21H20ClN3O4S/c1-13-4-5-15(12-19(13)30(28,29)25-20(26)3-2-10-23)21(27)24-18-9-6-14-11-16(22)7-8-17(14)18/h4-5,7-8,11-12,18H,2-3,6,9H2,1H3,(H,24,27)(H,25,26)/t18-/m1/s1. The maximum absolute atomic E-state index is 12.8. The van der Waals surface area contributed by atoms with Crippen molar-refractivity contribution in [1.82, 2.24) is 10.0 Å². The number of nitriles is 1. The second-order valence-electron chi connectivity index (χ2n) is 7.07. The molecule has 0 fully saturated rings. The second-order valence-corrected chi connectivity index (χ2v) is 9.16. The van der Waals surface area contributed by atoms with Gasteiger partial charge in [-0.3, -0.25) is 9.59 Å². The molecule has 0 spiro atoms. The van der Waals surface area contributed by atoms with Gasteiger partial charge in [0.1, 0.15) is 0 Å². The Morgan fingerprint density at radius 3 is 2.73 bits per heavy atom. The molecule has 1 atom stereocenters. The zero-order valence-corrected chi connectivity index (χ0v) is 17.8. The number of carbonyl (C=O) groups is 2. The predicted molar refractivity (Wildman–Crippen MR) is 111 cm³/mol. The predicted octanol–water partition coefficient (Wildman–Crippen LogP) is 3.17. The van der Waals surface area contributed by atoms with Gasteiger partial charge in [-0.2, -0.15) is 5.26 Å². The number of hydrogen-bond acceptors (Lipinski definition) is 5. The first kappa shape index (κ1) is 21.8. The summed E-state index contributed by atoms with van der Waals surface area (Å²) in [6.45, 7) is 1.58. The van der Waals surface area contributed by atoms with Gasteiger partial charge < -0.3 is 5.32 Å². The van der Waals surface area contributed by atoms with Crippen LogP contribution in [-0.2, 0) is 21.2 Å². The molecule has 0 unspecified atom stereocenters. The largest absolute Gasteiger partial charge is 0.345 e. The van der Waals surface area contributed by atoms with Crippen molar-refractivity contribution in [3.8, 4) is 6.07 Å². The highest BCUT2D eigenvalue weighted by Gasteiger charge is 2.26. The van der Waals surface area contributed by atoms with Crippen LogP contribution in [-0.4, -0.2) is 20.2 Å². The summed E-state index contributed by atoms with van der Waals surface area (Å²) in [5.74, 6) is -1.18. The molecule has 0 bridgehead atoms. The molecular weight excluding hydrogens is 426 g/mol. The van der Waals surface area contributed by atoms with Gasteiger partial charge in [-0.1, -0.05) is 23.7 Å². The van der Waals surface area contributed by atoms with Crippen molar-refractivity contribution < 1.29 is 18.0 Å². The van der Waals surface area contributed by atoms with Gasteiger partial charge in [0.05, 0.1) is 17.0 Å². The van der Waals surface area contributed by atoms with E-state index in [-0.39, 0.29) is 29.3 Å². The monoisotopic (exact) mass is 445 g/mol. The number of fused-ring (bicyclic) bond motifs is 1. The first-order valence-electron chi connectivity index (χ1n) is 9.33. The molecule has 3 rings (SSSR count). The Balaban J connectivity index is 1.79. The van der Waals surface area contributed by atoms with E-state index in [4.69, 9.17) is 16.9 Å². The quantitative estimate of drug-likeness (QED) is 0.708. The lowest BCUT2D eigenvalue weighted by molar-refractivity contribution is -0.119. The Kier molecular flexibility index (Phi) is 6.44. The average molecular weight is 446 g/mol. The Labute approximate surface area is 180 Å². The van der Waals surface area contributed by atoms with Crippen LogP contribution in [0.1, 0.15) is 52.4 Å². The number of nitrogens with one attached hydrogen (secondary N) is 2. The van der Waals surface area contributed by atoms with Gasteiger partial charge in [-0.05, 0) is 60.7 Å². The maximum atomic E-state index is 12.8. The summed E-state index contributed by atoms with van der Waals surface area (Å²) in [5.41, 5.74) is 2.65. The van der Waals surface area contributed by atoms with Gasteiger partial charge in [0.2, 0.25) is 5.91 Å². The van der Waals surface area contributed by atoms with Crippen LogP contribution >= 0.6 is 11.6 Å². The van der Waals surface area contributed by atoms with Crippen molar-refractivity contribution in [3.05, 3.63) is 63.7 Å². The van der Waals surface area contributed by atoms with E-state index in [0.29, 0.717) is 10.6 Å². The molecule has 30 heavy (non-hydrogen) atoms. The molecular formula is C21H20ClN3O4S. The highest BCUT2D eigenvalue weighted by molar-refractivity contribution is 7.90. The van der Waals surface area contributed by atoms with Gasteiger partial charge in [-0.25, -0.2) is 13.1 Å². The molecule has 1 aliphatic rings. The van der Waals surface area contributed by atoms with Crippen LogP contribution in [0.25, 0.3) is 0 Å². The summed E-state index contributed by atoms with van der Waals surface area (Å²) in [4.78, 5) is 24.4. The topological polar surface area (TPSA) is 116 Å². The third-order valence-electron chi connectivity index (χ3n) is 4.94. The summed E-state index contributed by atoms with van der Waals surface area (Å²) in [5, 5.41) is 12.1. The molecule has 2 aromatic carbocycles. The third-order valence-corrected chi connectivity index (χ3v) is 6.69. The van der Waals surface area contributed by atoms with Crippen molar-refractivity contribution >= 4 is 33.4 Å². The Hall–Kier alpha value is -2.89. The van der Waals surface area contributed by atoms with Crippen LogP contribution in [0.3, 0.4) is 0 Å². The van der Waals surface area contributed by atoms with Gasteiger partial charge in [0.15, 0.2) is 0 Å². The highest BCUT2D eigenvalue weighted by atomic mass is 35.5. The van der Waals surface area contributed by atoms with Crippen LogP contribution in [0.4, 0.5) is 0 Å². The summed E-state index contributed by atoms with van der Waals surface area (Å²) >= 11 is 6.02. The number of rotatable bonds is 6. The number of aryl methyl sites for hydroxylation is 2. The van der Waals surface area contributed by atoms with E-state index < -0.39 is 21.8 Å². The zero-order valence-electron chi connectivity index (χ0n) is 16.2. The van der Waals surface area contributed by atoms with Crippen LogP contribution in [0.2, 0.25) is 5.02 Å². The second kappa shape index (κ2) is 8.86. The minimum absolute atomic E-state index is 0.0865. The van der Waals surface area contributed by atoms with Crippen molar-refractivity contribution in [3.63, 3.8) is 0 Å². The molecule has 0 aromatic heterocycles. The van der Waals surface area contributed by atoms with Crippen molar-refractivity contribution in [2.75, 3.05) is 0 Å². The summed E-state index contributed by atoms with van der Waals surface area (Å²) in [6, 6.07) is 11.5. The Bertz CT molecular complexity index is 1160. The molecule has 2 N–H and O–H groups in total. The zero-order chi connectivity index (χ0) is 21.9. The van der Waals surface area contributed by atoms with E-state index >= 15 is 0 Å². The molecule has 2 aromatic rings. The number of nitrogens with zero attached hydrogens (tertiary/aromatic N) is 1. The first-order chi connectivity index (χ1) is 14.2. The lowest BCUT2D eigenvalue weighted by Gasteiger charge is -2.15. The molecule has 0 saturated carbocycles. The molecule has 2 amide bonds. The van der Waals surface area contributed by atoms with Crippen molar-refractivity contribution in [1.29, 1.82) is 5.26 Å².